The monoisotopic (exact) mass is 268 g/mol. The van der Waals surface area contributed by atoms with Crippen molar-refractivity contribution in [3.8, 4) is 0 Å². The molecule has 1 atom stereocenters. The predicted molar refractivity (Wildman–Crippen MR) is 68.3 cm³/mol. The Morgan fingerprint density at radius 3 is 2.93 bits per heavy atom. The molecule has 0 aromatic heterocycles. The maximum Gasteiger partial charge on any atom is 0.0399 e. The molecule has 2 nitrogen and oxygen atoms in total. The molecule has 0 bridgehead atoms. The van der Waals surface area contributed by atoms with Crippen molar-refractivity contribution in [2.75, 3.05) is 18.0 Å². The van der Waals surface area contributed by atoms with E-state index in [1.807, 2.05) is 0 Å². The number of halogens is 1. The van der Waals surface area contributed by atoms with Crippen molar-refractivity contribution in [2.24, 2.45) is 5.73 Å². The minimum absolute atomic E-state index is 0.346. The van der Waals surface area contributed by atoms with Crippen molar-refractivity contribution < 1.29 is 0 Å². The van der Waals surface area contributed by atoms with E-state index in [9.17, 15) is 0 Å². The van der Waals surface area contributed by atoms with Crippen molar-refractivity contribution in [2.45, 2.75) is 25.8 Å². The molecule has 1 aromatic carbocycles. The second-order valence-corrected chi connectivity index (χ2v) is 5.04. The summed E-state index contributed by atoms with van der Waals surface area (Å²) in [5, 5.41) is 0. The van der Waals surface area contributed by atoms with Crippen LogP contribution in [0, 0.1) is 0 Å². The highest BCUT2D eigenvalue weighted by atomic mass is 79.9. The Labute approximate surface area is 99.6 Å². The molecular formula is C12H17BrN2. The Bertz CT molecular complexity index is 351. The van der Waals surface area contributed by atoms with Crippen molar-refractivity contribution in [1.82, 2.24) is 0 Å². The topological polar surface area (TPSA) is 29.3 Å². The fourth-order valence-electron chi connectivity index (χ4n) is 2.15. The standard InChI is InChI=1S/C12H17BrN2/c1-2-9-7-10(13)3-4-12(9)15-6-5-11(14)8-15/h3-4,7,11H,2,5-6,8,14H2,1H3. The highest BCUT2D eigenvalue weighted by Gasteiger charge is 2.20. The smallest absolute Gasteiger partial charge is 0.0399 e. The number of nitrogens with zero attached hydrogens (tertiary/aromatic N) is 1. The summed E-state index contributed by atoms with van der Waals surface area (Å²) < 4.78 is 1.16. The van der Waals surface area contributed by atoms with Gasteiger partial charge in [0.25, 0.3) is 0 Å². The Balaban J connectivity index is 2.27. The highest BCUT2D eigenvalue weighted by Crippen LogP contribution is 2.27. The molecule has 2 N–H and O–H groups in total. The van der Waals surface area contributed by atoms with Gasteiger partial charge in [-0.2, -0.15) is 0 Å². The van der Waals surface area contributed by atoms with Crippen LogP contribution in [0.25, 0.3) is 0 Å². The third kappa shape index (κ3) is 2.34. The Hall–Kier alpha value is -0.540. The lowest BCUT2D eigenvalue weighted by atomic mass is 10.1. The van der Waals surface area contributed by atoms with Gasteiger partial charge >= 0.3 is 0 Å². The van der Waals surface area contributed by atoms with Crippen molar-refractivity contribution >= 4 is 21.6 Å². The van der Waals surface area contributed by atoms with E-state index in [0.29, 0.717) is 6.04 Å². The third-order valence-electron chi connectivity index (χ3n) is 2.99. The minimum Gasteiger partial charge on any atom is -0.370 e. The second kappa shape index (κ2) is 4.54. The molecule has 0 amide bonds. The molecule has 1 saturated heterocycles. The summed E-state index contributed by atoms with van der Waals surface area (Å²) in [5.41, 5.74) is 8.69. The molecule has 0 radical (unpaired) electrons. The van der Waals surface area contributed by atoms with Crippen molar-refractivity contribution in [1.29, 1.82) is 0 Å². The average molecular weight is 269 g/mol. The van der Waals surface area contributed by atoms with Gasteiger partial charge in [0, 0.05) is 29.3 Å². The van der Waals surface area contributed by atoms with E-state index in [2.05, 4.69) is 46.0 Å². The van der Waals surface area contributed by atoms with Gasteiger partial charge in [0.1, 0.15) is 0 Å². The van der Waals surface area contributed by atoms with Gasteiger partial charge in [-0.05, 0) is 36.6 Å². The third-order valence-corrected chi connectivity index (χ3v) is 3.48. The van der Waals surface area contributed by atoms with Gasteiger partial charge in [0.15, 0.2) is 0 Å². The predicted octanol–water partition coefficient (Wildman–Crippen LogP) is 2.55. The van der Waals surface area contributed by atoms with Crippen LogP contribution in [0.4, 0.5) is 5.69 Å². The first kappa shape index (κ1) is 11.0. The molecule has 0 spiro atoms. The van der Waals surface area contributed by atoms with Gasteiger partial charge < -0.3 is 10.6 Å². The highest BCUT2D eigenvalue weighted by molar-refractivity contribution is 9.10. The van der Waals surface area contributed by atoms with Crippen LogP contribution in [0.15, 0.2) is 22.7 Å². The Morgan fingerprint density at radius 2 is 2.33 bits per heavy atom. The number of benzene rings is 1. The lowest BCUT2D eigenvalue weighted by Crippen LogP contribution is -2.26. The number of hydrogen-bond donors (Lipinski definition) is 1. The number of hydrogen-bond acceptors (Lipinski definition) is 2. The van der Waals surface area contributed by atoms with Crippen LogP contribution in [-0.2, 0) is 6.42 Å². The summed E-state index contributed by atoms with van der Waals surface area (Å²) in [6.07, 6.45) is 2.18. The van der Waals surface area contributed by atoms with Gasteiger partial charge in [0.05, 0.1) is 0 Å². The molecular weight excluding hydrogens is 252 g/mol. The van der Waals surface area contributed by atoms with Gasteiger partial charge in [-0.3, -0.25) is 0 Å². The molecule has 1 heterocycles. The van der Waals surface area contributed by atoms with E-state index in [4.69, 9.17) is 5.73 Å². The molecule has 0 saturated carbocycles. The quantitative estimate of drug-likeness (QED) is 0.894. The maximum absolute atomic E-state index is 5.93. The fourth-order valence-corrected chi connectivity index (χ4v) is 2.56. The first-order chi connectivity index (χ1) is 7.20. The van der Waals surface area contributed by atoms with Gasteiger partial charge in [-0.1, -0.05) is 22.9 Å². The average Bonchev–Trinajstić information content (AvgIpc) is 2.64. The molecule has 1 aromatic rings. The number of nitrogens with two attached hydrogens (primary N) is 1. The summed E-state index contributed by atoms with van der Waals surface area (Å²) in [7, 11) is 0. The Kier molecular flexibility index (Phi) is 3.32. The SMILES string of the molecule is CCc1cc(Br)ccc1N1CCC(N)C1. The van der Waals surface area contributed by atoms with E-state index < -0.39 is 0 Å². The molecule has 1 aliphatic rings. The zero-order valence-corrected chi connectivity index (χ0v) is 10.6. The van der Waals surface area contributed by atoms with Crippen LogP contribution in [0.1, 0.15) is 18.9 Å². The Morgan fingerprint density at radius 1 is 1.53 bits per heavy atom. The summed E-state index contributed by atoms with van der Waals surface area (Å²) >= 11 is 3.51. The molecule has 1 unspecified atom stereocenters. The first-order valence-corrected chi connectivity index (χ1v) is 6.29. The molecule has 1 aliphatic heterocycles. The molecule has 82 valence electrons. The van der Waals surface area contributed by atoms with Crippen molar-refractivity contribution in [3.05, 3.63) is 28.2 Å². The van der Waals surface area contributed by atoms with Crippen LogP contribution < -0.4 is 10.6 Å². The van der Waals surface area contributed by atoms with Crippen molar-refractivity contribution in [3.63, 3.8) is 0 Å². The van der Waals surface area contributed by atoms with Crippen LogP contribution in [-0.4, -0.2) is 19.1 Å². The largest absolute Gasteiger partial charge is 0.370 e. The van der Waals surface area contributed by atoms with E-state index in [-0.39, 0.29) is 0 Å². The normalized spacial score (nSPS) is 21.0. The van der Waals surface area contributed by atoms with E-state index in [1.165, 1.54) is 11.3 Å². The van der Waals surface area contributed by atoms with Crippen LogP contribution in [0.3, 0.4) is 0 Å². The summed E-state index contributed by atoms with van der Waals surface area (Å²) in [4.78, 5) is 2.40. The molecule has 2 rings (SSSR count). The van der Waals surface area contributed by atoms with Crippen LogP contribution in [0.5, 0.6) is 0 Å². The molecule has 15 heavy (non-hydrogen) atoms. The fraction of sp³-hybridized carbons (Fsp3) is 0.500. The number of aryl methyl sites for hydroxylation is 1. The lowest BCUT2D eigenvalue weighted by molar-refractivity contribution is 0.752. The summed E-state index contributed by atoms with van der Waals surface area (Å²) in [5.74, 6) is 0. The summed E-state index contributed by atoms with van der Waals surface area (Å²) in [6, 6.07) is 6.86. The van der Waals surface area contributed by atoms with Crippen LogP contribution >= 0.6 is 15.9 Å². The zero-order chi connectivity index (χ0) is 10.8. The summed E-state index contributed by atoms with van der Waals surface area (Å²) in [6.45, 7) is 4.28. The van der Waals surface area contributed by atoms with E-state index in [1.54, 1.807) is 0 Å². The van der Waals surface area contributed by atoms with E-state index >= 15 is 0 Å². The maximum atomic E-state index is 5.93. The van der Waals surface area contributed by atoms with Gasteiger partial charge in [-0.15, -0.1) is 0 Å². The van der Waals surface area contributed by atoms with E-state index in [0.717, 1.165) is 30.4 Å². The molecule has 3 heteroatoms. The molecule has 0 aliphatic carbocycles. The second-order valence-electron chi connectivity index (χ2n) is 4.12. The van der Waals surface area contributed by atoms with Gasteiger partial charge in [-0.25, -0.2) is 0 Å². The first-order valence-electron chi connectivity index (χ1n) is 5.49. The molecule has 1 fully saturated rings. The number of anilines is 1. The minimum atomic E-state index is 0.346. The van der Waals surface area contributed by atoms with Gasteiger partial charge in [0.2, 0.25) is 0 Å². The number of rotatable bonds is 2. The lowest BCUT2D eigenvalue weighted by Gasteiger charge is -2.21. The zero-order valence-electron chi connectivity index (χ0n) is 9.04. The van der Waals surface area contributed by atoms with Crippen LogP contribution in [0.2, 0.25) is 0 Å².